The number of rotatable bonds is 4. The lowest BCUT2D eigenvalue weighted by Gasteiger charge is -2.30. The molecular formula is C20H22N2O2. The quantitative estimate of drug-likeness (QED) is 0.668. The number of ether oxygens (including phenoxy) is 1. The predicted molar refractivity (Wildman–Crippen MR) is 96.8 cm³/mol. The second kappa shape index (κ2) is 6.89. The number of esters is 1. The third kappa shape index (κ3) is 2.81. The molecule has 124 valence electrons. The number of H-pyrrole nitrogens is 1. The lowest BCUT2D eigenvalue weighted by molar-refractivity contribution is -0.143. The highest BCUT2D eigenvalue weighted by Crippen LogP contribution is 2.35. The van der Waals surface area contributed by atoms with Crippen LogP contribution in [0.15, 0.2) is 60.7 Å². The molecule has 2 heterocycles. The lowest BCUT2D eigenvalue weighted by atomic mass is 9.90. The Kier molecular flexibility index (Phi) is 4.67. The smallest absolute Gasteiger partial charge is 0.323 e. The van der Waals surface area contributed by atoms with E-state index in [1.165, 1.54) is 12.7 Å². The minimum absolute atomic E-state index is 0.0913. The lowest BCUT2D eigenvalue weighted by Crippen LogP contribution is -2.45. The monoisotopic (exact) mass is 322 g/mol. The van der Waals surface area contributed by atoms with Gasteiger partial charge in [0.15, 0.2) is 0 Å². The van der Waals surface area contributed by atoms with Crippen LogP contribution in [-0.4, -0.2) is 24.1 Å². The zero-order valence-electron chi connectivity index (χ0n) is 14.0. The number of para-hydroxylation sites is 1. The van der Waals surface area contributed by atoms with Crippen molar-refractivity contribution < 1.29 is 9.53 Å². The molecule has 0 spiro atoms. The first kappa shape index (κ1) is 16.3. The van der Waals surface area contributed by atoms with Gasteiger partial charge in [0.1, 0.15) is 6.04 Å². The average molecular weight is 322 g/mol. The van der Waals surface area contributed by atoms with E-state index < -0.39 is 0 Å². The number of benzene rings is 1. The van der Waals surface area contributed by atoms with Crippen molar-refractivity contribution in [3.05, 3.63) is 72.0 Å². The van der Waals surface area contributed by atoms with Gasteiger partial charge in [-0.2, -0.15) is 0 Å². The van der Waals surface area contributed by atoms with Crippen LogP contribution in [0.4, 0.5) is 0 Å². The van der Waals surface area contributed by atoms with E-state index >= 15 is 0 Å². The van der Waals surface area contributed by atoms with Crippen molar-refractivity contribution in [2.75, 3.05) is 7.11 Å². The molecule has 1 aromatic heterocycles. The number of methoxy groups -OCH3 is 1. The Labute approximate surface area is 141 Å². The van der Waals surface area contributed by atoms with Crippen molar-refractivity contribution in [3.63, 3.8) is 0 Å². The number of carbonyl (C=O) groups excluding carboxylic acids is 1. The third-order valence-corrected chi connectivity index (χ3v) is 4.49. The zero-order chi connectivity index (χ0) is 17.1. The second-order valence-corrected chi connectivity index (χ2v) is 5.83. The maximum atomic E-state index is 12.2. The summed E-state index contributed by atoms with van der Waals surface area (Å²) in [6, 6.07) is 7.74. The Morgan fingerprint density at radius 3 is 2.88 bits per heavy atom. The Morgan fingerprint density at radius 2 is 2.17 bits per heavy atom. The maximum Gasteiger partial charge on any atom is 0.323 e. The topological polar surface area (TPSA) is 54.1 Å². The molecule has 1 aliphatic heterocycles. The molecule has 4 nitrogen and oxygen atoms in total. The van der Waals surface area contributed by atoms with E-state index in [0.29, 0.717) is 6.42 Å². The van der Waals surface area contributed by atoms with Gasteiger partial charge in [0.25, 0.3) is 0 Å². The van der Waals surface area contributed by atoms with Crippen LogP contribution in [0.25, 0.3) is 10.9 Å². The van der Waals surface area contributed by atoms with Gasteiger partial charge in [-0.1, -0.05) is 49.1 Å². The van der Waals surface area contributed by atoms with Crippen LogP contribution >= 0.6 is 0 Å². The molecular weight excluding hydrogens is 300 g/mol. The molecule has 0 radical (unpaired) electrons. The van der Waals surface area contributed by atoms with Crippen molar-refractivity contribution in [2.24, 2.45) is 0 Å². The molecule has 0 saturated carbocycles. The van der Waals surface area contributed by atoms with E-state index in [9.17, 15) is 4.79 Å². The highest BCUT2D eigenvalue weighted by Gasteiger charge is 2.34. The summed E-state index contributed by atoms with van der Waals surface area (Å²) in [5.74, 6) is -0.237. The van der Waals surface area contributed by atoms with Crippen LogP contribution in [0.3, 0.4) is 0 Å². The molecule has 3 rings (SSSR count). The van der Waals surface area contributed by atoms with Crippen LogP contribution in [0.5, 0.6) is 0 Å². The Morgan fingerprint density at radius 1 is 1.38 bits per heavy atom. The molecule has 0 bridgehead atoms. The Balaban J connectivity index is 2.13. The molecule has 0 amide bonds. The molecule has 2 N–H and O–H groups in total. The molecule has 1 aliphatic rings. The first-order valence-electron chi connectivity index (χ1n) is 8.08. The summed E-state index contributed by atoms with van der Waals surface area (Å²) >= 11 is 0. The van der Waals surface area contributed by atoms with Crippen molar-refractivity contribution in [2.45, 2.75) is 25.4 Å². The Hall–Kier alpha value is -2.59. The zero-order valence-corrected chi connectivity index (χ0v) is 14.0. The van der Waals surface area contributed by atoms with Crippen LogP contribution < -0.4 is 5.32 Å². The minimum atomic E-state index is -0.362. The van der Waals surface area contributed by atoms with E-state index in [-0.39, 0.29) is 18.1 Å². The number of fused-ring (bicyclic) bond motifs is 3. The van der Waals surface area contributed by atoms with E-state index in [4.69, 9.17) is 4.74 Å². The number of hydrogen-bond donors (Lipinski definition) is 2. The molecule has 24 heavy (non-hydrogen) atoms. The summed E-state index contributed by atoms with van der Waals surface area (Å²) in [6.07, 6.45) is 8.33. The van der Waals surface area contributed by atoms with E-state index in [0.717, 1.165) is 22.2 Å². The third-order valence-electron chi connectivity index (χ3n) is 4.49. The largest absolute Gasteiger partial charge is 0.468 e. The van der Waals surface area contributed by atoms with Crippen molar-refractivity contribution in [1.29, 1.82) is 0 Å². The molecule has 1 unspecified atom stereocenters. The highest BCUT2D eigenvalue weighted by atomic mass is 16.5. The number of aromatic nitrogens is 1. The number of allylic oxidation sites excluding steroid dienone is 3. The van der Waals surface area contributed by atoms with Gasteiger partial charge in [-0.3, -0.25) is 10.1 Å². The summed E-state index contributed by atoms with van der Waals surface area (Å²) in [4.78, 5) is 15.7. The van der Waals surface area contributed by atoms with Crippen LogP contribution in [0.1, 0.15) is 24.2 Å². The van der Waals surface area contributed by atoms with Crippen LogP contribution in [0, 0.1) is 0 Å². The number of carbonyl (C=O) groups is 1. The molecule has 0 fully saturated rings. The predicted octanol–water partition coefficient (Wildman–Crippen LogP) is 3.58. The van der Waals surface area contributed by atoms with Crippen molar-refractivity contribution in [1.82, 2.24) is 10.3 Å². The summed E-state index contributed by atoms with van der Waals surface area (Å²) in [5.41, 5.74) is 4.45. The summed E-state index contributed by atoms with van der Waals surface area (Å²) in [6.45, 7) is 5.73. The Bertz CT molecular complexity index is 829. The molecule has 1 aromatic carbocycles. The SMILES string of the molecule is C=C/C=C\C(=C/C)C1N[C@H](C(=O)OC)Cc2c1[nH]c1ccccc21. The van der Waals surface area contributed by atoms with E-state index in [1.54, 1.807) is 6.08 Å². The minimum Gasteiger partial charge on any atom is -0.468 e. The molecule has 4 heteroatoms. The van der Waals surface area contributed by atoms with E-state index in [1.807, 2.05) is 37.3 Å². The fourth-order valence-corrected chi connectivity index (χ4v) is 3.33. The second-order valence-electron chi connectivity index (χ2n) is 5.83. The van der Waals surface area contributed by atoms with Gasteiger partial charge in [-0.05, 0) is 24.1 Å². The van der Waals surface area contributed by atoms with Crippen LogP contribution in [0.2, 0.25) is 0 Å². The summed E-state index contributed by atoms with van der Waals surface area (Å²) < 4.78 is 4.97. The van der Waals surface area contributed by atoms with Crippen molar-refractivity contribution >= 4 is 16.9 Å². The van der Waals surface area contributed by atoms with Gasteiger partial charge in [0.05, 0.1) is 13.2 Å². The number of aromatic amines is 1. The molecule has 0 saturated heterocycles. The first-order chi connectivity index (χ1) is 11.7. The fourth-order valence-electron chi connectivity index (χ4n) is 3.33. The maximum absolute atomic E-state index is 12.2. The normalized spacial score (nSPS) is 21.0. The van der Waals surface area contributed by atoms with Crippen molar-refractivity contribution in [3.8, 4) is 0 Å². The van der Waals surface area contributed by atoms with Gasteiger partial charge >= 0.3 is 5.97 Å². The first-order valence-corrected chi connectivity index (χ1v) is 8.08. The van der Waals surface area contributed by atoms with E-state index in [2.05, 4.69) is 29.0 Å². The van der Waals surface area contributed by atoms with Gasteiger partial charge < -0.3 is 9.72 Å². The van der Waals surface area contributed by atoms with Gasteiger partial charge in [-0.25, -0.2) is 0 Å². The van der Waals surface area contributed by atoms with Crippen LogP contribution in [-0.2, 0) is 16.0 Å². The highest BCUT2D eigenvalue weighted by molar-refractivity contribution is 5.87. The summed E-state index contributed by atoms with van der Waals surface area (Å²) in [7, 11) is 1.43. The number of hydrogen-bond acceptors (Lipinski definition) is 3. The van der Waals surface area contributed by atoms with Gasteiger partial charge in [-0.15, -0.1) is 0 Å². The molecule has 2 atom stereocenters. The standard InChI is InChI=1S/C20H22N2O2/c1-4-6-9-13(5-2)18-19-15(12-17(22-18)20(23)24-3)14-10-7-8-11-16(14)21-19/h4-11,17-18,21-22H,1,12H2,2-3H3/b9-6-,13-5+/t17-,18?/m0/s1. The fraction of sp³-hybridized carbons (Fsp3) is 0.250. The molecule has 2 aromatic rings. The van der Waals surface area contributed by atoms with Gasteiger partial charge in [0.2, 0.25) is 0 Å². The summed E-state index contributed by atoms with van der Waals surface area (Å²) in [5, 5.41) is 4.58. The van der Waals surface area contributed by atoms with Gasteiger partial charge in [0, 0.05) is 23.0 Å². The number of nitrogens with one attached hydrogen (secondary N) is 2. The average Bonchev–Trinajstić information content (AvgIpc) is 3.00. The molecule has 0 aliphatic carbocycles.